The normalized spacial score (nSPS) is 10.6. The second-order valence-electron chi connectivity index (χ2n) is 4.12. The molecule has 0 unspecified atom stereocenters. The van der Waals surface area contributed by atoms with Gasteiger partial charge in [-0.25, -0.2) is 0 Å². The molecular weight excluding hydrogens is 244 g/mol. The van der Waals surface area contributed by atoms with Crippen molar-refractivity contribution in [1.29, 1.82) is 0 Å². The van der Waals surface area contributed by atoms with Gasteiger partial charge >= 0.3 is 0 Å². The lowest BCUT2D eigenvalue weighted by Gasteiger charge is -2.11. The number of ether oxygens (including phenoxy) is 2. The maximum absolute atomic E-state index is 10.3. The van der Waals surface area contributed by atoms with Crippen LogP contribution in [0.15, 0.2) is 24.3 Å². The highest BCUT2D eigenvalue weighted by Gasteiger charge is 2.04. The van der Waals surface area contributed by atoms with Crippen molar-refractivity contribution in [3.8, 4) is 11.5 Å². The molecule has 0 amide bonds. The maximum Gasteiger partial charge on any atom is 0.161 e. The summed E-state index contributed by atoms with van der Waals surface area (Å²) in [6.07, 6.45) is 5.73. The minimum atomic E-state index is -1.22. The summed E-state index contributed by atoms with van der Waals surface area (Å²) in [6, 6.07) is 5.28. The van der Waals surface area contributed by atoms with Gasteiger partial charge in [0.1, 0.15) is 0 Å². The zero-order valence-electron chi connectivity index (χ0n) is 11.3. The first-order chi connectivity index (χ1) is 9.17. The molecule has 0 bridgehead atoms. The first kappa shape index (κ1) is 15.1. The van der Waals surface area contributed by atoms with Crippen LogP contribution in [0.3, 0.4) is 0 Å². The molecule has 0 atom stereocenters. The van der Waals surface area contributed by atoms with Gasteiger partial charge in [0.2, 0.25) is 0 Å². The van der Waals surface area contributed by atoms with E-state index in [1.54, 1.807) is 25.3 Å². The molecule has 0 spiro atoms. The first-order valence-electron chi connectivity index (χ1n) is 6.37. The molecule has 0 aromatic heterocycles. The summed E-state index contributed by atoms with van der Waals surface area (Å²) in [5, 5.41) is 10.3. The van der Waals surface area contributed by atoms with Crippen molar-refractivity contribution >= 4 is 12.0 Å². The fraction of sp³-hybridized carbons (Fsp3) is 0.400. The molecule has 0 saturated heterocycles. The number of carboxylic acids is 1. The van der Waals surface area contributed by atoms with Gasteiger partial charge in [-0.1, -0.05) is 31.9 Å². The molecule has 4 heteroatoms. The molecule has 19 heavy (non-hydrogen) atoms. The topological polar surface area (TPSA) is 58.6 Å². The van der Waals surface area contributed by atoms with E-state index in [0.29, 0.717) is 18.1 Å². The average Bonchev–Trinajstić information content (AvgIpc) is 2.42. The molecule has 104 valence electrons. The van der Waals surface area contributed by atoms with E-state index in [1.807, 2.05) is 0 Å². The third-order valence-electron chi connectivity index (χ3n) is 2.61. The standard InChI is InChI=1S/C15H20O4/c1-3-4-5-10-19-13-8-6-12(7-9-15(16)17)11-14(13)18-2/h6-9,11H,3-5,10H2,1-2H3,(H,16,17)/p-1/b9-7+. The molecule has 1 aromatic rings. The fourth-order valence-electron chi connectivity index (χ4n) is 1.61. The largest absolute Gasteiger partial charge is 0.545 e. The van der Waals surface area contributed by atoms with Crippen molar-refractivity contribution in [1.82, 2.24) is 0 Å². The maximum atomic E-state index is 10.3. The number of carbonyl (C=O) groups is 1. The van der Waals surface area contributed by atoms with Gasteiger partial charge in [-0.05, 0) is 30.2 Å². The average molecular weight is 263 g/mol. The monoisotopic (exact) mass is 263 g/mol. The minimum absolute atomic E-state index is 0.594. The zero-order valence-corrected chi connectivity index (χ0v) is 11.3. The van der Waals surface area contributed by atoms with Crippen molar-refractivity contribution in [2.45, 2.75) is 26.2 Å². The molecule has 1 rings (SSSR count). The number of benzene rings is 1. The number of hydrogen-bond acceptors (Lipinski definition) is 4. The molecule has 4 nitrogen and oxygen atoms in total. The Bertz CT molecular complexity index is 438. The van der Waals surface area contributed by atoms with Crippen molar-refractivity contribution in [3.63, 3.8) is 0 Å². The molecule has 0 aliphatic carbocycles. The van der Waals surface area contributed by atoms with Gasteiger partial charge in [0.05, 0.1) is 19.7 Å². The molecule has 0 radical (unpaired) electrons. The summed E-state index contributed by atoms with van der Waals surface area (Å²) in [6.45, 7) is 2.79. The summed E-state index contributed by atoms with van der Waals surface area (Å²) >= 11 is 0. The lowest BCUT2D eigenvalue weighted by atomic mass is 10.2. The molecule has 0 aliphatic heterocycles. The highest BCUT2D eigenvalue weighted by atomic mass is 16.5. The molecule has 0 heterocycles. The Labute approximate surface area is 113 Å². The predicted octanol–water partition coefficient (Wildman–Crippen LogP) is 2.03. The number of hydrogen-bond donors (Lipinski definition) is 0. The fourth-order valence-corrected chi connectivity index (χ4v) is 1.61. The Hall–Kier alpha value is -1.97. The summed E-state index contributed by atoms with van der Waals surface area (Å²) < 4.78 is 10.9. The Morgan fingerprint density at radius 2 is 2.11 bits per heavy atom. The van der Waals surface area contributed by atoms with E-state index in [-0.39, 0.29) is 0 Å². The third kappa shape index (κ3) is 5.46. The number of aliphatic carboxylic acids is 1. The van der Waals surface area contributed by atoms with E-state index in [2.05, 4.69) is 6.92 Å². The summed E-state index contributed by atoms with van der Waals surface area (Å²) in [7, 11) is 1.56. The van der Waals surface area contributed by atoms with Crippen LogP contribution in [-0.2, 0) is 4.79 Å². The SMILES string of the molecule is CCCCCOc1ccc(/C=C/C(=O)[O-])cc1OC. The van der Waals surface area contributed by atoms with Crippen LogP contribution in [0.4, 0.5) is 0 Å². The summed E-state index contributed by atoms with van der Waals surface area (Å²) in [5.41, 5.74) is 0.724. The molecule has 0 saturated carbocycles. The number of carboxylic acid groups (broad SMARTS) is 1. The third-order valence-corrected chi connectivity index (χ3v) is 2.61. The van der Waals surface area contributed by atoms with Crippen molar-refractivity contribution in [3.05, 3.63) is 29.8 Å². The lowest BCUT2D eigenvalue weighted by Crippen LogP contribution is -2.18. The number of carbonyl (C=O) groups excluding carboxylic acids is 1. The number of unbranched alkanes of at least 4 members (excludes halogenated alkanes) is 2. The van der Waals surface area contributed by atoms with Gasteiger partial charge in [-0.15, -0.1) is 0 Å². The van der Waals surface area contributed by atoms with Crippen LogP contribution in [0, 0.1) is 0 Å². The first-order valence-corrected chi connectivity index (χ1v) is 6.37. The van der Waals surface area contributed by atoms with E-state index >= 15 is 0 Å². The smallest absolute Gasteiger partial charge is 0.161 e. The quantitative estimate of drug-likeness (QED) is 0.532. The van der Waals surface area contributed by atoms with Crippen LogP contribution >= 0.6 is 0 Å². The highest BCUT2D eigenvalue weighted by molar-refractivity contribution is 5.83. The molecule has 1 aromatic carbocycles. The van der Waals surface area contributed by atoms with Gasteiger partial charge in [0.15, 0.2) is 11.5 Å². The Morgan fingerprint density at radius 3 is 2.74 bits per heavy atom. The van der Waals surface area contributed by atoms with Crippen LogP contribution in [-0.4, -0.2) is 19.7 Å². The van der Waals surface area contributed by atoms with Crippen LogP contribution in [0.1, 0.15) is 31.7 Å². The van der Waals surface area contributed by atoms with Crippen molar-refractivity contribution in [2.75, 3.05) is 13.7 Å². The van der Waals surface area contributed by atoms with Crippen molar-refractivity contribution in [2.24, 2.45) is 0 Å². The van der Waals surface area contributed by atoms with Gasteiger partial charge in [0, 0.05) is 0 Å². The zero-order chi connectivity index (χ0) is 14.1. The Balaban J connectivity index is 2.70. The van der Waals surface area contributed by atoms with Gasteiger partial charge in [-0.3, -0.25) is 0 Å². The molecular formula is C15H19O4-. The predicted molar refractivity (Wildman–Crippen MR) is 72.1 cm³/mol. The highest BCUT2D eigenvalue weighted by Crippen LogP contribution is 2.28. The Kier molecular flexibility index (Phi) is 6.50. The Morgan fingerprint density at radius 1 is 1.32 bits per heavy atom. The van der Waals surface area contributed by atoms with E-state index < -0.39 is 5.97 Å². The van der Waals surface area contributed by atoms with Gasteiger partial charge in [0.25, 0.3) is 0 Å². The van der Waals surface area contributed by atoms with E-state index in [1.165, 1.54) is 6.08 Å². The van der Waals surface area contributed by atoms with Crippen LogP contribution in [0.25, 0.3) is 6.08 Å². The van der Waals surface area contributed by atoms with Crippen molar-refractivity contribution < 1.29 is 19.4 Å². The minimum Gasteiger partial charge on any atom is -0.545 e. The van der Waals surface area contributed by atoms with Gasteiger partial charge in [-0.2, -0.15) is 0 Å². The van der Waals surface area contributed by atoms with Crippen LogP contribution in [0.2, 0.25) is 0 Å². The van der Waals surface area contributed by atoms with Crippen LogP contribution < -0.4 is 14.6 Å². The number of rotatable bonds is 8. The van der Waals surface area contributed by atoms with E-state index in [9.17, 15) is 9.90 Å². The van der Waals surface area contributed by atoms with E-state index in [4.69, 9.17) is 9.47 Å². The van der Waals surface area contributed by atoms with Crippen LogP contribution in [0.5, 0.6) is 11.5 Å². The molecule has 0 fully saturated rings. The molecule has 0 aliphatic rings. The van der Waals surface area contributed by atoms with E-state index in [0.717, 1.165) is 30.9 Å². The second kappa shape index (κ2) is 8.19. The van der Waals surface area contributed by atoms with Gasteiger partial charge < -0.3 is 19.4 Å². The molecule has 0 N–H and O–H groups in total. The summed E-state index contributed by atoms with van der Waals surface area (Å²) in [5.74, 6) is 0.0417. The second-order valence-corrected chi connectivity index (χ2v) is 4.12. The lowest BCUT2D eigenvalue weighted by molar-refractivity contribution is -0.297. The summed E-state index contributed by atoms with van der Waals surface area (Å²) in [4.78, 5) is 10.3. The number of methoxy groups -OCH3 is 1.